The number of benzene rings is 1. The van der Waals surface area contributed by atoms with Crippen LogP contribution in [0.2, 0.25) is 5.02 Å². The third-order valence-electron chi connectivity index (χ3n) is 5.54. The fraction of sp³-hybridized carbons (Fsp3) is 0.318. The minimum atomic E-state index is -0.364. The second-order valence-corrected chi connectivity index (χ2v) is 7.86. The molecular weight excluding hydrogens is 390 g/mol. The Morgan fingerprint density at radius 1 is 1.10 bits per heavy atom. The molecule has 4 rings (SSSR count). The summed E-state index contributed by atoms with van der Waals surface area (Å²) in [6.45, 7) is 3.80. The molecule has 1 N–H and O–H groups in total. The Hall–Kier alpha value is -2.86. The molecular formula is C22H22ClN3O3. The molecule has 150 valence electrons. The van der Waals surface area contributed by atoms with Crippen molar-refractivity contribution < 1.29 is 9.59 Å². The average molecular weight is 412 g/mol. The zero-order chi connectivity index (χ0) is 20.5. The van der Waals surface area contributed by atoms with Crippen molar-refractivity contribution in [2.24, 2.45) is 0 Å². The monoisotopic (exact) mass is 411 g/mol. The lowest BCUT2D eigenvalue weighted by atomic mass is 9.95. The summed E-state index contributed by atoms with van der Waals surface area (Å²) in [5.41, 5.74) is 2.85. The Morgan fingerprint density at radius 2 is 1.93 bits per heavy atom. The number of hydrogen-bond acceptors (Lipinski definition) is 3. The molecule has 1 aromatic heterocycles. The lowest BCUT2D eigenvalue weighted by molar-refractivity contribution is 0.0732. The van der Waals surface area contributed by atoms with Crippen LogP contribution in [0.5, 0.6) is 0 Å². The van der Waals surface area contributed by atoms with Crippen molar-refractivity contribution in [1.29, 1.82) is 0 Å². The van der Waals surface area contributed by atoms with Crippen molar-refractivity contribution in [3.63, 3.8) is 0 Å². The number of carbonyl (C=O) groups excluding carboxylic acids is 2. The smallest absolute Gasteiger partial charge is 0.261 e. The van der Waals surface area contributed by atoms with Gasteiger partial charge in [-0.3, -0.25) is 14.4 Å². The molecule has 0 saturated carbocycles. The van der Waals surface area contributed by atoms with Gasteiger partial charge in [-0.1, -0.05) is 23.8 Å². The summed E-state index contributed by atoms with van der Waals surface area (Å²) >= 11 is 6.07. The number of nitrogens with zero attached hydrogens (tertiary/aromatic N) is 2. The van der Waals surface area contributed by atoms with Gasteiger partial charge in [-0.15, -0.1) is 0 Å². The van der Waals surface area contributed by atoms with E-state index in [1.165, 1.54) is 0 Å². The lowest BCUT2D eigenvalue weighted by Gasteiger charge is -2.31. The lowest BCUT2D eigenvalue weighted by Crippen LogP contribution is -2.41. The van der Waals surface area contributed by atoms with E-state index in [-0.39, 0.29) is 22.9 Å². The van der Waals surface area contributed by atoms with E-state index >= 15 is 0 Å². The Labute approximate surface area is 173 Å². The van der Waals surface area contributed by atoms with Gasteiger partial charge in [-0.05, 0) is 54.7 Å². The quantitative estimate of drug-likeness (QED) is 0.772. The number of nitrogens with one attached hydrogen (secondary N) is 1. The molecule has 0 radical (unpaired) electrons. The molecule has 3 heterocycles. The van der Waals surface area contributed by atoms with E-state index in [1.807, 2.05) is 19.1 Å². The summed E-state index contributed by atoms with van der Waals surface area (Å²) in [7, 11) is 0. The number of carbonyl (C=O) groups is 2. The van der Waals surface area contributed by atoms with Crippen molar-refractivity contribution >= 4 is 23.4 Å². The number of H-pyrrole nitrogens is 1. The molecule has 6 nitrogen and oxygen atoms in total. The number of amides is 2. The molecule has 2 aromatic rings. The molecule has 0 fully saturated rings. The van der Waals surface area contributed by atoms with Gasteiger partial charge in [-0.25, -0.2) is 0 Å². The number of aromatic amines is 1. The second kappa shape index (κ2) is 7.87. The van der Waals surface area contributed by atoms with E-state index in [0.29, 0.717) is 43.2 Å². The van der Waals surface area contributed by atoms with Gasteiger partial charge in [0.2, 0.25) is 0 Å². The minimum absolute atomic E-state index is 0.0874. The second-order valence-electron chi connectivity index (χ2n) is 7.45. The molecule has 7 heteroatoms. The van der Waals surface area contributed by atoms with Crippen LogP contribution in [0.25, 0.3) is 0 Å². The van der Waals surface area contributed by atoms with E-state index < -0.39 is 0 Å². The van der Waals surface area contributed by atoms with Crippen molar-refractivity contribution in [3.05, 3.63) is 79.7 Å². The summed E-state index contributed by atoms with van der Waals surface area (Å²) < 4.78 is 0. The van der Waals surface area contributed by atoms with Crippen LogP contribution in [0, 0.1) is 6.92 Å². The van der Waals surface area contributed by atoms with Gasteiger partial charge in [0.1, 0.15) is 5.56 Å². The van der Waals surface area contributed by atoms with E-state index in [2.05, 4.69) is 4.98 Å². The van der Waals surface area contributed by atoms with E-state index in [9.17, 15) is 14.4 Å². The Balaban J connectivity index is 1.61. The zero-order valence-electron chi connectivity index (χ0n) is 16.2. The van der Waals surface area contributed by atoms with Crippen molar-refractivity contribution in [3.8, 4) is 0 Å². The third-order valence-corrected chi connectivity index (χ3v) is 5.96. The van der Waals surface area contributed by atoms with Gasteiger partial charge >= 0.3 is 0 Å². The van der Waals surface area contributed by atoms with E-state index in [4.69, 9.17) is 11.6 Å². The first-order valence-electron chi connectivity index (χ1n) is 9.69. The number of aromatic nitrogens is 1. The van der Waals surface area contributed by atoms with Crippen molar-refractivity contribution in [1.82, 2.24) is 14.8 Å². The van der Waals surface area contributed by atoms with Crippen LogP contribution in [-0.4, -0.2) is 46.2 Å². The fourth-order valence-corrected chi connectivity index (χ4v) is 4.03. The van der Waals surface area contributed by atoms with Crippen LogP contribution in [0.4, 0.5) is 0 Å². The van der Waals surface area contributed by atoms with Crippen molar-refractivity contribution in [2.45, 2.75) is 26.3 Å². The first-order chi connectivity index (χ1) is 14.0. The predicted molar refractivity (Wildman–Crippen MR) is 111 cm³/mol. The number of fused-ring (bicyclic) bond motifs is 1. The van der Waals surface area contributed by atoms with Crippen LogP contribution in [0.3, 0.4) is 0 Å². The predicted octanol–water partition coefficient (Wildman–Crippen LogP) is 2.94. The molecule has 2 amide bonds. The molecule has 2 aliphatic rings. The number of halogens is 1. The highest BCUT2D eigenvalue weighted by Crippen LogP contribution is 2.24. The SMILES string of the molecule is Cc1cc(C(=O)N2CCc3c(c[nH]c(=O)c3C(=O)N3CC=CCC3)C2)ccc1Cl. The molecule has 1 aromatic carbocycles. The Morgan fingerprint density at radius 3 is 2.66 bits per heavy atom. The summed E-state index contributed by atoms with van der Waals surface area (Å²) in [6.07, 6.45) is 6.87. The topological polar surface area (TPSA) is 73.5 Å². The molecule has 0 atom stereocenters. The summed E-state index contributed by atoms with van der Waals surface area (Å²) in [5.74, 6) is -0.323. The van der Waals surface area contributed by atoms with Crippen LogP contribution in [0.1, 0.15) is 43.8 Å². The molecule has 0 spiro atoms. The van der Waals surface area contributed by atoms with Gasteiger partial charge in [-0.2, -0.15) is 0 Å². The molecule has 0 bridgehead atoms. The van der Waals surface area contributed by atoms with Crippen LogP contribution < -0.4 is 5.56 Å². The minimum Gasteiger partial charge on any atom is -0.334 e. The summed E-state index contributed by atoms with van der Waals surface area (Å²) in [5, 5.41) is 0.624. The summed E-state index contributed by atoms with van der Waals surface area (Å²) in [4.78, 5) is 44.5. The van der Waals surface area contributed by atoms with Gasteiger partial charge in [0.15, 0.2) is 0 Å². The number of pyridine rings is 1. The maximum absolute atomic E-state index is 13.0. The van der Waals surface area contributed by atoms with Crippen molar-refractivity contribution in [2.75, 3.05) is 19.6 Å². The van der Waals surface area contributed by atoms with Gasteiger partial charge in [0, 0.05) is 43.0 Å². The first-order valence-corrected chi connectivity index (χ1v) is 10.1. The van der Waals surface area contributed by atoms with Gasteiger partial charge < -0.3 is 14.8 Å². The maximum Gasteiger partial charge on any atom is 0.261 e. The van der Waals surface area contributed by atoms with Crippen LogP contribution >= 0.6 is 11.6 Å². The first kappa shape index (κ1) is 19.5. The molecule has 0 saturated heterocycles. The highest BCUT2D eigenvalue weighted by atomic mass is 35.5. The molecule has 0 unspecified atom stereocenters. The summed E-state index contributed by atoms with van der Waals surface area (Å²) in [6, 6.07) is 5.23. The number of aryl methyl sites for hydroxylation is 1. The average Bonchev–Trinajstić information content (AvgIpc) is 2.75. The zero-order valence-corrected chi connectivity index (χ0v) is 17.0. The Kier molecular flexibility index (Phi) is 5.28. The molecule has 0 aliphatic carbocycles. The van der Waals surface area contributed by atoms with Crippen LogP contribution in [-0.2, 0) is 13.0 Å². The van der Waals surface area contributed by atoms with Gasteiger partial charge in [0.05, 0.1) is 0 Å². The number of hydrogen-bond donors (Lipinski definition) is 1. The van der Waals surface area contributed by atoms with Crippen LogP contribution in [0.15, 0.2) is 41.3 Å². The molecule has 2 aliphatic heterocycles. The highest BCUT2D eigenvalue weighted by Gasteiger charge is 2.29. The normalized spacial score (nSPS) is 15.9. The standard InChI is InChI=1S/C22H22ClN3O3/c1-14-11-15(5-6-18(14)23)21(28)26-10-7-17-16(13-26)12-24-20(27)19(17)22(29)25-8-3-2-4-9-25/h2-3,5-6,11-12H,4,7-10,13H2,1H3,(H,24,27). The highest BCUT2D eigenvalue weighted by molar-refractivity contribution is 6.31. The maximum atomic E-state index is 13.0. The molecule has 29 heavy (non-hydrogen) atoms. The van der Waals surface area contributed by atoms with E-state index in [1.54, 1.807) is 34.2 Å². The largest absolute Gasteiger partial charge is 0.334 e. The Bertz CT molecular complexity index is 1070. The fourth-order valence-electron chi connectivity index (χ4n) is 3.91. The van der Waals surface area contributed by atoms with Gasteiger partial charge in [0.25, 0.3) is 17.4 Å². The van der Waals surface area contributed by atoms with E-state index in [0.717, 1.165) is 23.1 Å². The third kappa shape index (κ3) is 3.72. The number of rotatable bonds is 2.